The number of hydrogen-bond donors (Lipinski definition) is 1. The second-order valence-electron chi connectivity index (χ2n) is 7.20. The zero-order chi connectivity index (χ0) is 24.1. The summed E-state index contributed by atoms with van der Waals surface area (Å²) in [6.07, 6.45) is 1.28. The van der Waals surface area contributed by atoms with Gasteiger partial charge in [-0.1, -0.05) is 11.6 Å². The molecule has 1 aromatic carbocycles. The van der Waals surface area contributed by atoms with E-state index < -0.39 is 30.0 Å². The van der Waals surface area contributed by atoms with Crippen LogP contribution in [-0.2, 0) is 6.54 Å². The molecule has 0 unspecified atom stereocenters. The fraction of sp³-hybridized carbons (Fsp3) is 0.143. The van der Waals surface area contributed by atoms with Gasteiger partial charge in [0.05, 0.1) is 41.2 Å². The van der Waals surface area contributed by atoms with Crippen molar-refractivity contribution < 1.29 is 17.9 Å². The standard InChI is InChI=1S/C21H13ClF3N5O3S/c1-33-15-2-10(11(22)3-12(15)23)16-4-13-19(34-16)20(31)30(21(32)28-13)14-7-26-5-9-6-27-29(18(9)14)8-17(24)25/h2-7,17H,8H2,1H3,(H,28,32). The number of nitrogens with one attached hydrogen (secondary N) is 1. The molecule has 0 saturated heterocycles. The molecule has 0 saturated carbocycles. The Hall–Kier alpha value is -3.64. The highest BCUT2D eigenvalue weighted by molar-refractivity contribution is 7.22. The number of halogens is 4. The molecule has 0 aliphatic carbocycles. The minimum Gasteiger partial charge on any atom is -0.494 e. The highest BCUT2D eigenvalue weighted by Crippen LogP contribution is 2.38. The Labute approximate surface area is 196 Å². The number of benzene rings is 1. The molecule has 0 radical (unpaired) electrons. The average molecular weight is 508 g/mol. The minimum absolute atomic E-state index is 0.0141. The van der Waals surface area contributed by atoms with E-state index in [1.165, 1.54) is 31.8 Å². The summed E-state index contributed by atoms with van der Waals surface area (Å²) in [5.74, 6) is -0.679. The molecular weight excluding hydrogens is 495 g/mol. The highest BCUT2D eigenvalue weighted by atomic mass is 35.5. The van der Waals surface area contributed by atoms with Crippen LogP contribution in [0.25, 0.3) is 37.2 Å². The van der Waals surface area contributed by atoms with Crippen LogP contribution in [0.5, 0.6) is 5.75 Å². The van der Waals surface area contributed by atoms with E-state index in [-0.39, 0.29) is 32.2 Å². The number of aromatic amines is 1. The maximum absolute atomic E-state index is 14.0. The molecule has 0 aliphatic rings. The minimum atomic E-state index is -2.70. The average Bonchev–Trinajstić information content (AvgIpc) is 3.38. The molecule has 174 valence electrons. The first-order valence-corrected chi connectivity index (χ1v) is 10.9. The number of methoxy groups -OCH3 is 1. The predicted molar refractivity (Wildman–Crippen MR) is 122 cm³/mol. The number of hydrogen-bond acceptors (Lipinski definition) is 6. The highest BCUT2D eigenvalue weighted by Gasteiger charge is 2.20. The van der Waals surface area contributed by atoms with Crippen LogP contribution in [0.1, 0.15) is 0 Å². The summed E-state index contributed by atoms with van der Waals surface area (Å²) in [7, 11) is 1.31. The molecule has 0 bridgehead atoms. The normalized spacial score (nSPS) is 11.7. The Morgan fingerprint density at radius 3 is 2.74 bits per heavy atom. The van der Waals surface area contributed by atoms with Crippen LogP contribution in [0.4, 0.5) is 13.2 Å². The number of fused-ring (bicyclic) bond motifs is 2. The number of alkyl halides is 2. The first kappa shape index (κ1) is 22.2. The SMILES string of the molecule is COc1cc(-c2cc3[nH]c(=O)n(-c4cncc5cnn(CC(F)F)c45)c(=O)c3s2)c(Cl)cc1F. The van der Waals surface area contributed by atoms with Gasteiger partial charge in [0.2, 0.25) is 0 Å². The van der Waals surface area contributed by atoms with E-state index in [4.69, 9.17) is 16.3 Å². The molecular formula is C21H13ClF3N5O3S. The fourth-order valence-electron chi connectivity index (χ4n) is 3.69. The maximum atomic E-state index is 14.0. The molecule has 5 aromatic rings. The second kappa shape index (κ2) is 8.29. The topological polar surface area (TPSA) is 94.8 Å². The Morgan fingerprint density at radius 1 is 1.21 bits per heavy atom. The van der Waals surface area contributed by atoms with Gasteiger partial charge in [0.15, 0.2) is 11.6 Å². The molecule has 0 amide bonds. The molecule has 34 heavy (non-hydrogen) atoms. The molecule has 4 aromatic heterocycles. The van der Waals surface area contributed by atoms with E-state index >= 15 is 0 Å². The van der Waals surface area contributed by atoms with Crippen molar-refractivity contribution >= 4 is 44.1 Å². The third-order valence-electron chi connectivity index (χ3n) is 5.15. The van der Waals surface area contributed by atoms with Gasteiger partial charge in [0.1, 0.15) is 11.2 Å². The van der Waals surface area contributed by atoms with Gasteiger partial charge in [-0.25, -0.2) is 22.5 Å². The Bertz CT molecular complexity index is 1690. The number of aromatic nitrogens is 5. The van der Waals surface area contributed by atoms with Crippen LogP contribution in [-0.4, -0.2) is 37.9 Å². The predicted octanol–water partition coefficient (Wildman–Crippen LogP) is 4.22. The summed E-state index contributed by atoms with van der Waals surface area (Å²) >= 11 is 7.23. The second-order valence-corrected chi connectivity index (χ2v) is 8.66. The third kappa shape index (κ3) is 3.55. The summed E-state index contributed by atoms with van der Waals surface area (Å²) in [6, 6.07) is 4.04. The van der Waals surface area contributed by atoms with Crippen molar-refractivity contribution in [1.29, 1.82) is 0 Å². The van der Waals surface area contributed by atoms with Gasteiger partial charge in [0, 0.05) is 22.0 Å². The van der Waals surface area contributed by atoms with Crippen molar-refractivity contribution in [2.45, 2.75) is 13.0 Å². The van der Waals surface area contributed by atoms with Crippen molar-refractivity contribution in [3.8, 4) is 21.9 Å². The third-order valence-corrected chi connectivity index (χ3v) is 6.62. The largest absolute Gasteiger partial charge is 0.494 e. The lowest BCUT2D eigenvalue weighted by Crippen LogP contribution is -2.33. The van der Waals surface area contributed by atoms with Crippen LogP contribution in [0.2, 0.25) is 5.02 Å². The van der Waals surface area contributed by atoms with E-state index in [1.807, 2.05) is 0 Å². The fourth-order valence-corrected chi connectivity index (χ4v) is 5.07. The van der Waals surface area contributed by atoms with Crippen LogP contribution in [0, 0.1) is 5.82 Å². The summed E-state index contributed by atoms with van der Waals surface area (Å²) in [4.78, 5) is 33.4. The van der Waals surface area contributed by atoms with Gasteiger partial charge in [-0.3, -0.25) is 14.5 Å². The van der Waals surface area contributed by atoms with Crippen LogP contribution < -0.4 is 16.0 Å². The van der Waals surface area contributed by atoms with Crippen molar-refractivity contribution in [2.24, 2.45) is 0 Å². The van der Waals surface area contributed by atoms with Gasteiger partial charge in [-0.2, -0.15) is 5.10 Å². The first-order valence-electron chi connectivity index (χ1n) is 9.68. The smallest absolute Gasteiger partial charge is 0.333 e. The Morgan fingerprint density at radius 2 is 2.00 bits per heavy atom. The molecule has 13 heteroatoms. The molecule has 0 aliphatic heterocycles. The van der Waals surface area contributed by atoms with Crippen molar-refractivity contribution in [3.05, 3.63) is 68.5 Å². The lowest BCUT2D eigenvalue weighted by molar-refractivity contribution is 0.123. The van der Waals surface area contributed by atoms with Gasteiger partial charge in [-0.05, 0) is 18.2 Å². The molecule has 8 nitrogen and oxygen atoms in total. The zero-order valence-electron chi connectivity index (χ0n) is 17.2. The van der Waals surface area contributed by atoms with Crippen molar-refractivity contribution in [2.75, 3.05) is 7.11 Å². The zero-order valence-corrected chi connectivity index (χ0v) is 18.8. The van der Waals surface area contributed by atoms with E-state index in [0.29, 0.717) is 15.8 Å². The molecule has 4 heterocycles. The van der Waals surface area contributed by atoms with E-state index in [1.54, 1.807) is 6.07 Å². The Balaban J connectivity index is 1.74. The number of ether oxygens (including phenoxy) is 1. The number of pyridine rings is 1. The molecule has 0 atom stereocenters. The number of rotatable bonds is 5. The van der Waals surface area contributed by atoms with Crippen molar-refractivity contribution in [1.82, 2.24) is 24.3 Å². The van der Waals surface area contributed by atoms with Gasteiger partial charge < -0.3 is 9.72 Å². The molecule has 0 spiro atoms. The summed E-state index contributed by atoms with van der Waals surface area (Å²) < 4.78 is 47.1. The lowest BCUT2D eigenvalue weighted by atomic mass is 10.1. The number of nitrogens with zero attached hydrogens (tertiary/aromatic N) is 4. The van der Waals surface area contributed by atoms with Crippen molar-refractivity contribution in [3.63, 3.8) is 0 Å². The quantitative estimate of drug-likeness (QED) is 0.384. The number of H-pyrrole nitrogens is 1. The maximum Gasteiger partial charge on any atom is 0.333 e. The van der Waals surface area contributed by atoms with E-state index in [9.17, 15) is 22.8 Å². The van der Waals surface area contributed by atoms with Crippen LogP contribution >= 0.6 is 22.9 Å². The molecule has 5 rings (SSSR count). The Kier molecular flexibility index (Phi) is 5.41. The van der Waals surface area contributed by atoms with E-state index in [0.717, 1.165) is 26.7 Å². The first-order chi connectivity index (χ1) is 16.3. The van der Waals surface area contributed by atoms with Gasteiger partial charge in [0.25, 0.3) is 12.0 Å². The van der Waals surface area contributed by atoms with Crippen LogP contribution in [0.3, 0.4) is 0 Å². The monoisotopic (exact) mass is 507 g/mol. The van der Waals surface area contributed by atoms with Gasteiger partial charge >= 0.3 is 5.69 Å². The van der Waals surface area contributed by atoms with Gasteiger partial charge in [-0.15, -0.1) is 11.3 Å². The molecule has 0 fully saturated rings. The summed E-state index contributed by atoms with van der Waals surface area (Å²) in [6.45, 7) is -0.719. The molecule has 1 N–H and O–H groups in total. The van der Waals surface area contributed by atoms with E-state index in [2.05, 4.69) is 15.1 Å². The lowest BCUT2D eigenvalue weighted by Gasteiger charge is -2.09. The van der Waals surface area contributed by atoms with Crippen LogP contribution in [0.15, 0.2) is 46.4 Å². The summed E-state index contributed by atoms with van der Waals surface area (Å²) in [5, 5.41) is 4.42. The number of thiophene rings is 1. The summed E-state index contributed by atoms with van der Waals surface area (Å²) in [5.41, 5.74) is -0.632.